The molecule has 1 amide bonds. The molecule has 0 bridgehead atoms. The predicted octanol–water partition coefficient (Wildman–Crippen LogP) is 1.03. The Morgan fingerprint density at radius 2 is 2.21 bits per heavy atom. The van der Waals surface area contributed by atoms with Gasteiger partial charge in [0.2, 0.25) is 5.91 Å². The van der Waals surface area contributed by atoms with Crippen LogP contribution in [0.5, 0.6) is 0 Å². The average molecular weight is 196 g/mol. The Morgan fingerprint density at radius 3 is 2.71 bits per heavy atom. The lowest BCUT2D eigenvalue weighted by Crippen LogP contribution is -2.34. The van der Waals surface area contributed by atoms with E-state index in [0.717, 1.165) is 25.8 Å². The van der Waals surface area contributed by atoms with E-state index >= 15 is 0 Å². The first-order valence-corrected chi connectivity index (χ1v) is 5.62. The summed E-state index contributed by atoms with van der Waals surface area (Å²) in [7, 11) is 0. The first-order valence-electron chi connectivity index (χ1n) is 5.62. The highest BCUT2D eigenvalue weighted by Crippen LogP contribution is 2.44. The van der Waals surface area contributed by atoms with Crippen molar-refractivity contribution < 1.29 is 4.79 Å². The van der Waals surface area contributed by atoms with Crippen molar-refractivity contribution in [2.75, 3.05) is 6.54 Å². The predicted molar refractivity (Wildman–Crippen MR) is 55.7 cm³/mol. The summed E-state index contributed by atoms with van der Waals surface area (Å²) in [5.74, 6) is 0.415. The number of carbonyl (C=O) groups is 1. The average Bonchev–Trinajstić information content (AvgIpc) is 2.71. The SMILES string of the molecule is CC1(CNC(=O)C2CCC(N)C2)CC1. The van der Waals surface area contributed by atoms with Gasteiger partial charge in [-0.25, -0.2) is 0 Å². The molecule has 2 rings (SSSR count). The fourth-order valence-electron chi connectivity index (χ4n) is 2.09. The van der Waals surface area contributed by atoms with Gasteiger partial charge in [0.05, 0.1) is 0 Å². The molecular formula is C11H20N2O. The third-order valence-electron chi connectivity index (χ3n) is 3.64. The molecule has 3 heteroatoms. The molecule has 14 heavy (non-hydrogen) atoms. The van der Waals surface area contributed by atoms with E-state index in [4.69, 9.17) is 5.73 Å². The third kappa shape index (κ3) is 2.27. The van der Waals surface area contributed by atoms with Crippen LogP contribution in [0.15, 0.2) is 0 Å². The number of carbonyl (C=O) groups excluding carboxylic acids is 1. The maximum absolute atomic E-state index is 11.7. The molecule has 2 aliphatic carbocycles. The highest BCUT2D eigenvalue weighted by atomic mass is 16.1. The largest absolute Gasteiger partial charge is 0.355 e. The van der Waals surface area contributed by atoms with Gasteiger partial charge in [-0.15, -0.1) is 0 Å². The smallest absolute Gasteiger partial charge is 0.223 e. The number of amides is 1. The number of rotatable bonds is 3. The van der Waals surface area contributed by atoms with E-state index in [2.05, 4.69) is 12.2 Å². The van der Waals surface area contributed by atoms with Gasteiger partial charge in [0.25, 0.3) is 0 Å². The number of nitrogens with two attached hydrogens (primary N) is 1. The molecule has 2 saturated carbocycles. The molecule has 0 aromatic heterocycles. The summed E-state index contributed by atoms with van der Waals surface area (Å²) in [6.45, 7) is 3.09. The molecule has 80 valence electrons. The van der Waals surface area contributed by atoms with Gasteiger partial charge >= 0.3 is 0 Å². The van der Waals surface area contributed by atoms with Crippen molar-refractivity contribution in [3.8, 4) is 0 Å². The molecule has 2 aliphatic rings. The van der Waals surface area contributed by atoms with Crippen LogP contribution < -0.4 is 11.1 Å². The summed E-state index contributed by atoms with van der Waals surface area (Å²) in [6, 6.07) is 0.252. The van der Waals surface area contributed by atoms with E-state index in [9.17, 15) is 4.79 Å². The number of hydrogen-bond donors (Lipinski definition) is 2. The van der Waals surface area contributed by atoms with E-state index in [-0.39, 0.29) is 17.9 Å². The van der Waals surface area contributed by atoms with Gasteiger partial charge in [-0.3, -0.25) is 4.79 Å². The Balaban J connectivity index is 1.72. The van der Waals surface area contributed by atoms with Gasteiger partial charge in [-0.1, -0.05) is 6.92 Å². The Bertz CT molecular complexity index is 235. The first kappa shape index (κ1) is 9.97. The summed E-state index contributed by atoms with van der Waals surface area (Å²) in [4.78, 5) is 11.7. The summed E-state index contributed by atoms with van der Waals surface area (Å²) >= 11 is 0. The van der Waals surface area contributed by atoms with Gasteiger partial charge in [0.15, 0.2) is 0 Å². The summed E-state index contributed by atoms with van der Waals surface area (Å²) in [6.07, 6.45) is 5.39. The van der Waals surface area contributed by atoms with E-state index < -0.39 is 0 Å². The minimum absolute atomic E-state index is 0.187. The lowest BCUT2D eigenvalue weighted by atomic mass is 10.1. The number of hydrogen-bond acceptors (Lipinski definition) is 2. The molecule has 0 radical (unpaired) electrons. The van der Waals surface area contributed by atoms with Crippen LogP contribution in [0.3, 0.4) is 0 Å². The summed E-state index contributed by atoms with van der Waals surface area (Å²) in [5, 5.41) is 3.05. The molecule has 0 aliphatic heterocycles. The normalized spacial score (nSPS) is 34.1. The fourth-order valence-corrected chi connectivity index (χ4v) is 2.09. The first-order chi connectivity index (χ1) is 6.59. The van der Waals surface area contributed by atoms with Gasteiger partial charge in [0, 0.05) is 18.5 Å². The van der Waals surface area contributed by atoms with Gasteiger partial charge in [-0.2, -0.15) is 0 Å². The second-order valence-electron chi connectivity index (χ2n) is 5.30. The molecule has 0 saturated heterocycles. The van der Waals surface area contributed by atoms with Crippen LogP contribution in [-0.2, 0) is 4.79 Å². The standard InChI is InChI=1S/C11H20N2O/c1-11(4-5-11)7-13-10(14)8-2-3-9(12)6-8/h8-9H,2-7,12H2,1H3,(H,13,14). The van der Waals surface area contributed by atoms with Crippen molar-refractivity contribution >= 4 is 5.91 Å². The minimum Gasteiger partial charge on any atom is -0.355 e. The molecule has 2 atom stereocenters. The minimum atomic E-state index is 0.187. The lowest BCUT2D eigenvalue weighted by Gasteiger charge is -2.13. The van der Waals surface area contributed by atoms with Crippen LogP contribution in [0.25, 0.3) is 0 Å². The topological polar surface area (TPSA) is 55.1 Å². The molecular weight excluding hydrogens is 176 g/mol. The zero-order valence-electron chi connectivity index (χ0n) is 8.88. The van der Waals surface area contributed by atoms with Crippen molar-refractivity contribution in [2.45, 2.75) is 45.1 Å². The lowest BCUT2D eigenvalue weighted by molar-refractivity contribution is -0.125. The Morgan fingerprint density at radius 1 is 1.50 bits per heavy atom. The molecule has 0 spiro atoms. The van der Waals surface area contributed by atoms with Crippen molar-refractivity contribution in [1.29, 1.82) is 0 Å². The van der Waals surface area contributed by atoms with Crippen LogP contribution in [0, 0.1) is 11.3 Å². The highest BCUT2D eigenvalue weighted by Gasteiger charge is 2.38. The molecule has 3 nitrogen and oxygen atoms in total. The Kier molecular flexibility index (Phi) is 2.52. The van der Waals surface area contributed by atoms with Crippen LogP contribution >= 0.6 is 0 Å². The molecule has 2 fully saturated rings. The van der Waals surface area contributed by atoms with Crippen LogP contribution in [-0.4, -0.2) is 18.5 Å². The molecule has 0 heterocycles. The second kappa shape index (κ2) is 3.54. The maximum atomic E-state index is 11.7. The third-order valence-corrected chi connectivity index (χ3v) is 3.64. The van der Waals surface area contributed by atoms with Crippen LogP contribution in [0.2, 0.25) is 0 Å². The summed E-state index contributed by atoms with van der Waals surface area (Å²) < 4.78 is 0. The number of nitrogens with one attached hydrogen (secondary N) is 1. The van der Waals surface area contributed by atoms with E-state index in [1.165, 1.54) is 12.8 Å². The van der Waals surface area contributed by atoms with Gasteiger partial charge in [0.1, 0.15) is 0 Å². The van der Waals surface area contributed by atoms with Crippen molar-refractivity contribution in [3.63, 3.8) is 0 Å². The van der Waals surface area contributed by atoms with E-state index in [0.29, 0.717) is 5.41 Å². The van der Waals surface area contributed by atoms with Crippen molar-refractivity contribution in [3.05, 3.63) is 0 Å². The maximum Gasteiger partial charge on any atom is 0.223 e. The van der Waals surface area contributed by atoms with Gasteiger partial charge < -0.3 is 11.1 Å². The Labute approximate surface area is 85.4 Å². The van der Waals surface area contributed by atoms with E-state index in [1.54, 1.807) is 0 Å². The Hall–Kier alpha value is -0.570. The zero-order chi connectivity index (χ0) is 10.2. The highest BCUT2D eigenvalue weighted by molar-refractivity contribution is 5.79. The van der Waals surface area contributed by atoms with E-state index in [1.807, 2.05) is 0 Å². The quantitative estimate of drug-likeness (QED) is 0.708. The van der Waals surface area contributed by atoms with Crippen molar-refractivity contribution in [1.82, 2.24) is 5.32 Å². The van der Waals surface area contributed by atoms with Gasteiger partial charge in [-0.05, 0) is 37.5 Å². The van der Waals surface area contributed by atoms with Crippen LogP contribution in [0.4, 0.5) is 0 Å². The molecule has 0 aromatic rings. The monoisotopic (exact) mass is 196 g/mol. The molecule has 0 aromatic carbocycles. The van der Waals surface area contributed by atoms with Crippen LogP contribution in [0.1, 0.15) is 39.0 Å². The molecule has 3 N–H and O–H groups in total. The second-order valence-corrected chi connectivity index (χ2v) is 5.30. The zero-order valence-corrected chi connectivity index (χ0v) is 8.88. The summed E-state index contributed by atoms with van der Waals surface area (Å²) in [5.41, 5.74) is 6.19. The fraction of sp³-hybridized carbons (Fsp3) is 0.909. The molecule has 2 unspecified atom stereocenters. The van der Waals surface area contributed by atoms with Crippen molar-refractivity contribution in [2.24, 2.45) is 17.1 Å².